The standard InChI is InChI=1S/3C8H10O.Y/c3*1-6-4-3-5-7(2)8(6)9;/h3*3-5,9H,1-2H3;/q;;;+3/p-3. The fourth-order valence-electron chi connectivity index (χ4n) is 2.40. The molecule has 0 aliphatic rings. The fourth-order valence-corrected chi connectivity index (χ4v) is 2.40. The minimum Gasteiger partial charge on any atom is -0.872 e. The summed E-state index contributed by atoms with van der Waals surface area (Å²) in [7, 11) is 0. The summed E-state index contributed by atoms with van der Waals surface area (Å²) in [5, 5.41) is 32.9. The molecule has 0 saturated heterocycles. The number of aryl methyl sites for hydroxylation is 6. The van der Waals surface area contributed by atoms with Crippen LogP contribution in [-0.4, -0.2) is 0 Å². The minimum absolute atomic E-state index is 0. The van der Waals surface area contributed by atoms with Gasteiger partial charge in [0.1, 0.15) is 0 Å². The molecule has 0 aromatic heterocycles. The van der Waals surface area contributed by atoms with Gasteiger partial charge in [0, 0.05) is 0 Å². The molecule has 0 N–H and O–H groups in total. The molecule has 3 rings (SSSR count). The number of rotatable bonds is 0. The van der Waals surface area contributed by atoms with Gasteiger partial charge in [-0.25, -0.2) is 0 Å². The fraction of sp³-hybridized carbons (Fsp3) is 0.250. The normalized spacial score (nSPS) is 9.21. The van der Waals surface area contributed by atoms with Crippen molar-refractivity contribution in [3.05, 3.63) is 88.0 Å². The molecule has 0 spiro atoms. The molecule has 0 bridgehead atoms. The Kier molecular flexibility index (Phi) is 11.8. The summed E-state index contributed by atoms with van der Waals surface area (Å²) >= 11 is 0. The van der Waals surface area contributed by atoms with E-state index in [9.17, 15) is 15.3 Å². The van der Waals surface area contributed by atoms with Crippen LogP contribution in [-0.2, 0) is 32.7 Å². The van der Waals surface area contributed by atoms with Crippen LogP contribution in [0.2, 0.25) is 0 Å². The van der Waals surface area contributed by atoms with Crippen molar-refractivity contribution in [2.75, 3.05) is 0 Å². The second-order valence-corrected chi connectivity index (χ2v) is 6.66. The Balaban J connectivity index is 0.000000384. The molecule has 0 fully saturated rings. The van der Waals surface area contributed by atoms with Crippen molar-refractivity contribution < 1.29 is 48.0 Å². The second-order valence-electron chi connectivity index (χ2n) is 6.66. The van der Waals surface area contributed by atoms with Gasteiger partial charge in [-0.1, -0.05) is 88.0 Å². The van der Waals surface area contributed by atoms with Gasteiger partial charge in [-0.15, -0.1) is 17.2 Å². The minimum atomic E-state index is 0. The van der Waals surface area contributed by atoms with E-state index in [4.69, 9.17) is 0 Å². The Hall–Kier alpha value is -1.84. The van der Waals surface area contributed by atoms with Crippen LogP contribution in [0, 0.1) is 41.5 Å². The van der Waals surface area contributed by atoms with Crippen molar-refractivity contribution in [1.29, 1.82) is 0 Å². The maximum atomic E-state index is 11.0. The van der Waals surface area contributed by atoms with Crippen LogP contribution in [0.15, 0.2) is 54.6 Å². The maximum Gasteiger partial charge on any atom is 3.00 e. The summed E-state index contributed by atoms with van der Waals surface area (Å²) in [5.74, 6) is 0.493. The zero-order valence-corrected chi connectivity index (χ0v) is 20.3. The summed E-state index contributed by atoms with van der Waals surface area (Å²) in [5.41, 5.74) is 4.97. The third kappa shape index (κ3) is 8.04. The molecule has 0 heterocycles. The van der Waals surface area contributed by atoms with Gasteiger partial charge in [0.05, 0.1) is 0 Å². The van der Waals surface area contributed by atoms with E-state index in [1.165, 1.54) is 0 Å². The molecule has 3 nitrogen and oxygen atoms in total. The Morgan fingerprint density at radius 3 is 0.643 bits per heavy atom. The van der Waals surface area contributed by atoms with E-state index in [1.54, 1.807) is 0 Å². The number of para-hydroxylation sites is 3. The molecule has 0 aliphatic heterocycles. The van der Waals surface area contributed by atoms with Gasteiger partial charge in [0.2, 0.25) is 0 Å². The van der Waals surface area contributed by atoms with Crippen LogP contribution < -0.4 is 15.3 Å². The largest absolute Gasteiger partial charge is 3.00 e. The van der Waals surface area contributed by atoms with Crippen molar-refractivity contribution in [2.45, 2.75) is 41.5 Å². The average Bonchev–Trinajstić information content (AvgIpc) is 2.63. The molecule has 0 saturated carbocycles. The Bertz CT molecular complexity index is 711. The van der Waals surface area contributed by atoms with Gasteiger partial charge >= 0.3 is 32.7 Å². The molecular formula is C24H27O3Y. The molecule has 28 heavy (non-hydrogen) atoms. The quantitative estimate of drug-likeness (QED) is 0.515. The van der Waals surface area contributed by atoms with Gasteiger partial charge in [-0.3, -0.25) is 0 Å². The van der Waals surface area contributed by atoms with Gasteiger partial charge in [-0.05, 0) is 41.5 Å². The monoisotopic (exact) mass is 452 g/mol. The molecule has 0 amide bonds. The van der Waals surface area contributed by atoms with Crippen molar-refractivity contribution in [3.63, 3.8) is 0 Å². The molecule has 0 aliphatic carbocycles. The molecule has 0 unspecified atom stereocenters. The molecular weight excluding hydrogens is 425 g/mol. The topological polar surface area (TPSA) is 69.2 Å². The van der Waals surface area contributed by atoms with E-state index in [1.807, 2.05) is 96.1 Å². The van der Waals surface area contributed by atoms with E-state index < -0.39 is 0 Å². The molecule has 0 radical (unpaired) electrons. The van der Waals surface area contributed by atoms with Gasteiger partial charge in [0.15, 0.2) is 0 Å². The summed E-state index contributed by atoms with van der Waals surface area (Å²) in [6, 6.07) is 16.7. The Labute approximate surface area is 194 Å². The smallest absolute Gasteiger partial charge is 0.872 e. The van der Waals surface area contributed by atoms with Crippen LogP contribution in [0.5, 0.6) is 17.2 Å². The second kappa shape index (κ2) is 12.6. The summed E-state index contributed by atoms with van der Waals surface area (Å²) in [6.45, 7) is 11.0. The summed E-state index contributed by atoms with van der Waals surface area (Å²) in [6.07, 6.45) is 0. The molecule has 4 heteroatoms. The SMILES string of the molecule is Cc1cccc(C)c1[O-].Cc1cccc(C)c1[O-].Cc1cccc(C)c1[O-].[Y+3]. The van der Waals surface area contributed by atoms with E-state index in [2.05, 4.69) is 0 Å². The molecule has 144 valence electrons. The van der Waals surface area contributed by atoms with Gasteiger partial charge in [-0.2, -0.15) is 0 Å². The number of benzene rings is 3. The van der Waals surface area contributed by atoms with Crippen LogP contribution in [0.3, 0.4) is 0 Å². The third-order valence-corrected chi connectivity index (χ3v) is 4.23. The zero-order valence-electron chi connectivity index (χ0n) is 17.5. The first-order valence-electron chi connectivity index (χ1n) is 8.84. The van der Waals surface area contributed by atoms with E-state index in [-0.39, 0.29) is 50.0 Å². The molecule has 3 aromatic rings. The van der Waals surface area contributed by atoms with Crippen molar-refractivity contribution in [1.82, 2.24) is 0 Å². The number of hydrogen-bond acceptors (Lipinski definition) is 3. The van der Waals surface area contributed by atoms with Crippen LogP contribution in [0.1, 0.15) is 33.4 Å². The van der Waals surface area contributed by atoms with Crippen LogP contribution >= 0.6 is 0 Å². The van der Waals surface area contributed by atoms with E-state index in [0.29, 0.717) is 0 Å². The first kappa shape index (κ1) is 26.2. The zero-order chi connectivity index (χ0) is 20.6. The summed E-state index contributed by atoms with van der Waals surface area (Å²) in [4.78, 5) is 0. The first-order valence-corrected chi connectivity index (χ1v) is 8.84. The van der Waals surface area contributed by atoms with Gasteiger partial charge in [0.25, 0.3) is 0 Å². The first-order chi connectivity index (χ1) is 12.6. The predicted molar refractivity (Wildman–Crippen MR) is 106 cm³/mol. The van der Waals surface area contributed by atoms with E-state index in [0.717, 1.165) is 33.4 Å². The third-order valence-electron chi connectivity index (χ3n) is 4.23. The number of hydrogen-bond donors (Lipinski definition) is 0. The van der Waals surface area contributed by atoms with Crippen LogP contribution in [0.25, 0.3) is 0 Å². The Morgan fingerprint density at radius 2 is 0.536 bits per heavy atom. The summed E-state index contributed by atoms with van der Waals surface area (Å²) < 4.78 is 0. The van der Waals surface area contributed by atoms with Crippen molar-refractivity contribution in [3.8, 4) is 17.2 Å². The predicted octanol–water partition coefficient (Wildman–Crippen LogP) is 4.13. The van der Waals surface area contributed by atoms with Gasteiger partial charge < -0.3 is 15.3 Å². The molecule has 0 atom stereocenters. The maximum absolute atomic E-state index is 11.0. The van der Waals surface area contributed by atoms with E-state index >= 15 is 0 Å². The molecule has 3 aromatic carbocycles. The van der Waals surface area contributed by atoms with Crippen molar-refractivity contribution >= 4 is 0 Å². The Morgan fingerprint density at radius 1 is 0.393 bits per heavy atom. The van der Waals surface area contributed by atoms with Crippen molar-refractivity contribution in [2.24, 2.45) is 0 Å². The van der Waals surface area contributed by atoms with Crippen LogP contribution in [0.4, 0.5) is 0 Å². The average molecular weight is 452 g/mol.